The third kappa shape index (κ3) is 6.31. The summed E-state index contributed by atoms with van der Waals surface area (Å²) in [6, 6.07) is 10.8. The molecule has 2 N–H and O–H groups in total. The second-order valence-corrected chi connectivity index (χ2v) is 12.6. The molecule has 0 radical (unpaired) electrons. The molecule has 2 aliphatic rings. The molecule has 2 amide bonds. The van der Waals surface area contributed by atoms with Gasteiger partial charge in [0.05, 0.1) is 18.6 Å². The number of carbonyl (C=O) groups excluding carboxylic acids is 3. The van der Waals surface area contributed by atoms with Gasteiger partial charge in [-0.05, 0) is 60.9 Å². The summed E-state index contributed by atoms with van der Waals surface area (Å²) in [5, 5.41) is 0. The summed E-state index contributed by atoms with van der Waals surface area (Å²) in [6.07, 6.45) is 1.75. The van der Waals surface area contributed by atoms with E-state index in [4.69, 9.17) is 10.5 Å². The number of hydrogen-bond donors (Lipinski definition) is 1. The molecular weight excluding hydrogens is 534 g/mol. The summed E-state index contributed by atoms with van der Waals surface area (Å²) < 4.78 is 38.5. The minimum absolute atomic E-state index is 0.0461. The molecule has 2 heterocycles. The topological polar surface area (TPSA) is 136 Å². The van der Waals surface area contributed by atoms with E-state index in [0.29, 0.717) is 41.8 Å². The summed E-state index contributed by atoms with van der Waals surface area (Å²) in [7, 11) is -2.30. The number of primary amides is 1. The molecule has 40 heavy (non-hydrogen) atoms. The Morgan fingerprint density at radius 1 is 1.07 bits per heavy atom. The lowest BCUT2D eigenvalue weighted by Gasteiger charge is -2.33. The molecule has 1 unspecified atom stereocenters. The fourth-order valence-corrected chi connectivity index (χ4v) is 6.84. The van der Waals surface area contributed by atoms with Crippen molar-refractivity contribution >= 4 is 27.8 Å². The molecule has 0 aliphatic carbocycles. The van der Waals surface area contributed by atoms with E-state index in [2.05, 4.69) is 18.6 Å². The van der Waals surface area contributed by atoms with Crippen molar-refractivity contribution < 1.29 is 32.3 Å². The van der Waals surface area contributed by atoms with Gasteiger partial charge in [0.2, 0.25) is 15.9 Å². The van der Waals surface area contributed by atoms with Crippen LogP contribution < -0.4 is 10.5 Å². The maximum atomic E-state index is 13.1. The van der Waals surface area contributed by atoms with Crippen LogP contribution in [0.5, 0.6) is 5.75 Å². The number of ether oxygens (including phenoxy) is 2. The quantitative estimate of drug-likeness (QED) is 0.409. The van der Waals surface area contributed by atoms with Gasteiger partial charge in [-0.2, -0.15) is 4.31 Å². The molecule has 0 saturated carbocycles. The lowest BCUT2D eigenvalue weighted by Crippen LogP contribution is -2.45. The van der Waals surface area contributed by atoms with Crippen molar-refractivity contribution in [2.24, 2.45) is 17.6 Å². The van der Waals surface area contributed by atoms with Gasteiger partial charge in [0.25, 0.3) is 5.91 Å². The minimum atomic E-state index is -3.56. The van der Waals surface area contributed by atoms with Gasteiger partial charge >= 0.3 is 5.97 Å². The summed E-state index contributed by atoms with van der Waals surface area (Å²) in [4.78, 5) is 38.4. The van der Waals surface area contributed by atoms with Crippen LogP contribution in [0.1, 0.15) is 61.0 Å². The first-order valence-electron chi connectivity index (χ1n) is 13.5. The van der Waals surface area contributed by atoms with E-state index >= 15 is 0 Å². The SMILES string of the molecule is COC(=O)CCC(C(N)=O)N1Cc2c(OCc3ccc(S(=O)(=O)N4CCC(C(C)C)CC4)cc3)cccc2C1=O. The van der Waals surface area contributed by atoms with E-state index in [9.17, 15) is 22.8 Å². The number of sulfonamides is 1. The summed E-state index contributed by atoms with van der Waals surface area (Å²) in [6.45, 7) is 5.70. The maximum absolute atomic E-state index is 13.1. The van der Waals surface area contributed by atoms with Crippen LogP contribution in [0, 0.1) is 11.8 Å². The lowest BCUT2D eigenvalue weighted by molar-refractivity contribution is -0.141. The fourth-order valence-electron chi connectivity index (χ4n) is 5.37. The molecule has 1 fully saturated rings. The second kappa shape index (κ2) is 12.4. The molecule has 0 bridgehead atoms. The first-order valence-corrected chi connectivity index (χ1v) is 15.0. The van der Waals surface area contributed by atoms with E-state index in [1.54, 1.807) is 46.8 Å². The van der Waals surface area contributed by atoms with Crippen molar-refractivity contribution in [3.8, 4) is 5.75 Å². The highest BCUT2D eigenvalue weighted by Crippen LogP contribution is 2.34. The Morgan fingerprint density at radius 3 is 2.35 bits per heavy atom. The number of nitrogens with zero attached hydrogens (tertiary/aromatic N) is 2. The Morgan fingerprint density at radius 2 is 1.75 bits per heavy atom. The van der Waals surface area contributed by atoms with E-state index in [1.165, 1.54) is 12.0 Å². The molecule has 4 rings (SSSR count). The Balaban J connectivity index is 1.41. The molecule has 2 aromatic carbocycles. The highest BCUT2D eigenvalue weighted by Gasteiger charge is 2.37. The molecule has 216 valence electrons. The van der Waals surface area contributed by atoms with Crippen molar-refractivity contribution in [2.45, 2.75) is 63.6 Å². The van der Waals surface area contributed by atoms with Gasteiger partial charge in [-0.1, -0.05) is 32.0 Å². The third-order valence-electron chi connectivity index (χ3n) is 7.90. The van der Waals surface area contributed by atoms with Crippen LogP contribution in [-0.4, -0.2) is 61.6 Å². The summed E-state index contributed by atoms with van der Waals surface area (Å²) in [5.41, 5.74) is 7.36. The number of amides is 2. The van der Waals surface area contributed by atoms with Crippen molar-refractivity contribution in [3.63, 3.8) is 0 Å². The van der Waals surface area contributed by atoms with Crippen LogP contribution in [0.2, 0.25) is 0 Å². The first kappa shape index (κ1) is 29.5. The molecule has 10 nitrogen and oxygen atoms in total. The van der Waals surface area contributed by atoms with Crippen LogP contribution in [0.25, 0.3) is 0 Å². The van der Waals surface area contributed by atoms with Crippen molar-refractivity contribution in [1.29, 1.82) is 0 Å². The molecule has 2 aromatic rings. The fraction of sp³-hybridized carbons (Fsp3) is 0.483. The predicted molar refractivity (Wildman–Crippen MR) is 148 cm³/mol. The zero-order valence-electron chi connectivity index (χ0n) is 23.2. The minimum Gasteiger partial charge on any atom is -0.489 e. The standard InChI is InChI=1S/C29H37N3O7S/c1-19(2)21-13-15-31(16-14-21)40(36,37)22-9-7-20(8-10-22)18-39-26-6-4-5-23-24(26)17-32(29(23)35)25(28(30)34)11-12-27(33)38-3/h4-10,19,21,25H,11-18H2,1-3H3,(H2,30,34). The Hall–Kier alpha value is -3.44. The van der Waals surface area contributed by atoms with Gasteiger partial charge in [-0.25, -0.2) is 8.42 Å². The van der Waals surface area contributed by atoms with E-state index < -0.39 is 27.9 Å². The average Bonchev–Trinajstić information content (AvgIpc) is 3.28. The number of nitrogens with two attached hydrogens (primary N) is 1. The molecule has 1 atom stereocenters. The van der Waals surface area contributed by atoms with Gasteiger partial charge in [0, 0.05) is 30.6 Å². The van der Waals surface area contributed by atoms with Crippen LogP contribution in [-0.2, 0) is 37.5 Å². The monoisotopic (exact) mass is 571 g/mol. The second-order valence-electron chi connectivity index (χ2n) is 10.7. The van der Waals surface area contributed by atoms with Crippen LogP contribution in [0.15, 0.2) is 47.4 Å². The highest BCUT2D eigenvalue weighted by molar-refractivity contribution is 7.89. The molecule has 11 heteroatoms. The third-order valence-corrected chi connectivity index (χ3v) is 9.82. The number of carbonyl (C=O) groups is 3. The van der Waals surface area contributed by atoms with Crippen molar-refractivity contribution in [1.82, 2.24) is 9.21 Å². The van der Waals surface area contributed by atoms with E-state index in [-0.39, 0.29) is 36.8 Å². The molecule has 0 spiro atoms. The molecule has 2 aliphatic heterocycles. The van der Waals surface area contributed by atoms with Gasteiger partial charge in [0.1, 0.15) is 18.4 Å². The number of methoxy groups -OCH3 is 1. The van der Waals surface area contributed by atoms with E-state index in [1.807, 2.05) is 0 Å². The average molecular weight is 572 g/mol. The maximum Gasteiger partial charge on any atom is 0.305 e. The van der Waals surface area contributed by atoms with Crippen molar-refractivity contribution in [2.75, 3.05) is 20.2 Å². The zero-order valence-corrected chi connectivity index (χ0v) is 24.0. The zero-order chi connectivity index (χ0) is 29.0. The largest absolute Gasteiger partial charge is 0.489 e. The Kier molecular flexibility index (Phi) is 9.15. The summed E-state index contributed by atoms with van der Waals surface area (Å²) in [5.74, 6) is 0.0258. The number of fused-ring (bicyclic) bond motifs is 1. The molecule has 0 aromatic heterocycles. The Labute approximate surface area is 235 Å². The van der Waals surface area contributed by atoms with Crippen LogP contribution >= 0.6 is 0 Å². The van der Waals surface area contributed by atoms with Gasteiger partial charge in [-0.3, -0.25) is 14.4 Å². The number of rotatable bonds is 11. The summed E-state index contributed by atoms with van der Waals surface area (Å²) >= 11 is 0. The smallest absolute Gasteiger partial charge is 0.305 e. The van der Waals surface area contributed by atoms with Crippen LogP contribution in [0.3, 0.4) is 0 Å². The predicted octanol–water partition coefficient (Wildman–Crippen LogP) is 3.09. The number of hydrogen-bond acceptors (Lipinski definition) is 7. The van der Waals surface area contributed by atoms with Crippen LogP contribution in [0.4, 0.5) is 0 Å². The normalized spacial score (nSPS) is 17.1. The number of benzene rings is 2. The van der Waals surface area contributed by atoms with Gasteiger partial charge in [0.15, 0.2) is 0 Å². The molecular formula is C29H37N3O7S. The Bertz CT molecular complexity index is 1350. The number of esters is 1. The molecule has 1 saturated heterocycles. The van der Waals surface area contributed by atoms with Gasteiger partial charge in [-0.15, -0.1) is 0 Å². The first-order chi connectivity index (χ1) is 19.0. The van der Waals surface area contributed by atoms with Gasteiger partial charge < -0.3 is 20.1 Å². The number of piperidine rings is 1. The lowest BCUT2D eigenvalue weighted by atomic mass is 9.87. The highest BCUT2D eigenvalue weighted by atomic mass is 32.2. The van der Waals surface area contributed by atoms with E-state index in [0.717, 1.165) is 18.4 Å². The van der Waals surface area contributed by atoms with Crippen molar-refractivity contribution in [3.05, 3.63) is 59.2 Å².